The minimum absolute atomic E-state index is 0.686. The molecule has 3 rings (SSSR count). The van der Waals surface area contributed by atoms with Gasteiger partial charge in [-0.2, -0.15) is 0 Å². The maximum absolute atomic E-state index is 4.58. The number of fused-ring (bicyclic) bond motifs is 1. The van der Waals surface area contributed by atoms with Gasteiger partial charge in [-0.05, 0) is 36.8 Å². The van der Waals surface area contributed by atoms with E-state index in [1.807, 2.05) is 20.0 Å². The summed E-state index contributed by atoms with van der Waals surface area (Å²) in [6.07, 6.45) is 1.87. The molecule has 0 aliphatic heterocycles. The third kappa shape index (κ3) is 3.16. The van der Waals surface area contributed by atoms with Crippen LogP contribution in [0.4, 0.5) is 5.95 Å². The fraction of sp³-hybridized carbons (Fsp3) is 0.176. The van der Waals surface area contributed by atoms with Gasteiger partial charge in [-0.3, -0.25) is 0 Å². The number of nitrogens with zero attached hydrogens (tertiary/aromatic N) is 2. The van der Waals surface area contributed by atoms with Gasteiger partial charge in [0.05, 0.1) is 0 Å². The molecule has 0 radical (unpaired) electrons. The molecule has 0 aliphatic rings. The summed E-state index contributed by atoms with van der Waals surface area (Å²) < 4.78 is 0. The van der Waals surface area contributed by atoms with Gasteiger partial charge in [0.2, 0.25) is 5.95 Å². The Bertz CT molecular complexity index is 771. The van der Waals surface area contributed by atoms with Crippen molar-refractivity contribution in [3.05, 3.63) is 54.2 Å². The molecule has 1 aromatic heterocycles. The molecule has 4 heteroatoms. The van der Waals surface area contributed by atoms with Crippen molar-refractivity contribution in [1.82, 2.24) is 9.97 Å². The summed E-state index contributed by atoms with van der Waals surface area (Å²) in [5.41, 5.74) is 1.09. The predicted molar refractivity (Wildman–Crippen MR) is 89.0 cm³/mol. The van der Waals surface area contributed by atoms with Crippen molar-refractivity contribution in [3.8, 4) is 0 Å². The van der Waals surface area contributed by atoms with Crippen LogP contribution in [-0.2, 0) is 0 Å². The van der Waals surface area contributed by atoms with Gasteiger partial charge in [-0.15, -0.1) is 0 Å². The van der Waals surface area contributed by atoms with E-state index < -0.39 is 0 Å². The summed E-state index contributed by atoms with van der Waals surface area (Å²) in [5.74, 6) is 0.686. The molecule has 0 saturated heterocycles. The van der Waals surface area contributed by atoms with E-state index in [4.69, 9.17) is 0 Å². The Morgan fingerprint density at radius 1 is 1.10 bits per heavy atom. The number of anilines is 1. The molecule has 0 fully saturated rings. The lowest BCUT2D eigenvalue weighted by Gasteiger charge is -2.08. The first-order chi connectivity index (χ1) is 10.3. The molecule has 1 heterocycles. The summed E-state index contributed by atoms with van der Waals surface area (Å²) in [6.45, 7) is 4.90. The Balaban J connectivity index is 1.92. The van der Waals surface area contributed by atoms with E-state index in [1.54, 1.807) is 11.8 Å². The van der Waals surface area contributed by atoms with E-state index in [2.05, 4.69) is 57.7 Å². The Morgan fingerprint density at radius 3 is 2.71 bits per heavy atom. The second-order valence-electron chi connectivity index (χ2n) is 4.82. The molecule has 0 unspecified atom stereocenters. The number of rotatable bonds is 4. The number of hydrogen-bond acceptors (Lipinski definition) is 4. The Labute approximate surface area is 128 Å². The van der Waals surface area contributed by atoms with Gasteiger partial charge in [-0.1, -0.05) is 42.1 Å². The van der Waals surface area contributed by atoms with Gasteiger partial charge < -0.3 is 5.32 Å². The van der Waals surface area contributed by atoms with Crippen LogP contribution in [0.15, 0.2) is 58.6 Å². The average Bonchev–Trinajstić information content (AvgIpc) is 2.51. The molecule has 106 valence electrons. The van der Waals surface area contributed by atoms with E-state index in [-0.39, 0.29) is 0 Å². The van der Waals surface area contributed by atoms with Crippen LogP contribution in [0, 0.1) is 6.92 Å². The zero-order valence-corrected chi connectivity index (χ0v) is 12.9. The molecular formula is C17H17N3S. The van der Waals surface area contributed by atoms with Crippen LogP contribution in [0.25, 0.3) is 10.8 Å². The Kier molecular flexibility index (Phi) is 4.06. The molecule has 2 aromatic carbocycles. The highest BCUT2D eigenvalue weighted by Gasteiger charge is 2.06. The molecule has 0 aliphatic carbocycles. The van der Waals surface area contributed by atoms with Crippen LogP contribution in [0.5, 0.6) is 0 Å². The average molecular weight is 295 g/mol. The Hall–Kier alpha value is -2.07. The molecule has 3 aromatic rings. The highest BCUT2D eigenvalue weighted by molar-refractivity contribution is 7.99. The summed E-state index contributed by atoms with van der Waals surface area (Å²) >= 11 is 1.68. The zero-order valence-electron chi connectivity index (χ0n) is 12.1. The van der Waals surface area contributed by atoms with Gasteiger partial charge in [0, 0.05) is 23.2 Å². The number of benzene rings is 2. The van der Waals surface area contributed by atoms with E-state index in [9.17, 15) is 0 Å². The van der Waals surface area contributed by atoms with Gasteiger partial charge >= 0.3 is 0 Å². The van der Waals surface area contributed by atoms with Crippen molar-refractivity contribution in [2.45, 2.75) is 23.8 Å². The minimum atomic E-state index is 0.686. The van der Waals surface area contributed by atoms with Crippen molar-refractivity contribution in [2.75, 3.05) is 11.9 Å². The fourth-order valence-electron chi connectivity index (χ4n) is 2.12. The molecule has 0 saturated carbocycles. The molecular weight excluding hydrogens is 278 g/mol. The van der Waals surface area contributed by atoms with E-state index in [0.29, 0.717) is 5.95 Å². The lowest BCUT2D eigenvalue weighted by Crippen LogP contribution is -2.03. The van der Waals surface area contributed by atoms with Crippen molar-refractivity contribution >= 4 is 28.5 Å². The third-order valence-electron chi connectivity index (χ3n) is 3.20. The highest BCUT2D eigenvalue weighted by atomic mass is 32.2. The number of nitrogens with one attached hydrogen (secondary N) is 1. The second kappa shape index (κ2) is 6.14. The van der Waals surface area contributed by atoms with Crippen LogP contribution < -0.4 is 5.32 Å². The lowest BCUT2D eigenvalue weighted by molar-refractivity contribution is 0.983. The van der Waals surface area contributed by atoms with Gasteiger partial charge in [0.15, 0.2) is 0 Å². The number of aryl methyl sites for hydroxylation is 1. The first kappa shape index (κ1) is 13.9. The quantitative estimate of drug-likeness (QED) is 0.718. The largest absolute Gasteiger partial charge is 0.354 e. The maximum atomic E-state index is 4.58. The summed E-state index contributed by atoms with van der Waals surface area (Å²) in [5, 5.41) is 6.66. The maximum Gasteiger partial charge on any atom is 0.223 e. The molecule has 3 nitrogen and oxygen atoms in total. The molecule has 0 amide bonds. The summed E-state index contributed by atoms with van der Waals surface area (Å²) in [4.78, 5) is 10.1. The summed E-state index contributed by atoms with van der Waals surface area (Å²) in [7, 11) is 0. The standard InChI is InChI=1S/C17H17N3S/c1-3-18-17-19-11-12(2)16(20-17)21-15-9-8-13-6-4-5-7-14(13)10-15/h4-11H,3H2,1-2H3,(H,18,19,20). The van der Waals surface area contributed by atoms with Crippen molar-refractivity contribution < 1.29 is 0 Å². The second-order valence-corrected chi connectivity index (χ2v) is 5.89. The lowest BCUT2D eigenvalue weighted by atomic mass is 10.1. The van der Waals surface area contributed by atoms with Crippen LogP contribution >= 0.6 is 11.8 Å². The van der Waals surface area contributed by atoms with Crippen LogP contribution in [-0.4, -0.2) is 16.5 Å². The van der Waals surface area contributed by atoms with Gasteiger partial charge in [0.25, 0.3) is 0 Å². The molecule has 0 bridgehead atoms. The van der Waals surface area contributed by atoms with Crippen molar-refractivity contribution in [3.63, 3.8) is 0 Å². The number of aromatic nitrogens is 2. The Morgan fingerprint density at radius 2 is 1.90 bits per heavy atom. The van der Waals surface area contributed by atoms with Crippen LogP contribution in [0.1, 0.15) is 12.5 Å². The van der Waals surface area contributed by atoms with Crippen LogP contribution in [0.3, 0.4) is 0 Å². The van der Waals surface area contributed by atoms with E-state index in [0.717, 1.165) is 17.1 Å². The molecule has 1 N–H and O–H groups in total. The fourth-order valence-corrected chi connectivity index (χ4v) is 3.01. The van der Waals surface area contributed by atoms with E-state index >= 15 is 0 Å². The van der Waals surface area contributed by atoms with Crippen molar-refractivity contribution in [2.24, 2.45) is 0 Å². The van der Waals surface area contributed by atoms with Gasteiger partial charge in [0.1, 0.15) is 5.03 Å². The first-order valence-electron chi connectivity index (χ1n) is 7.00. The topological polar surface area (TPSA) is 37.8 Å². The van der Waals surface area contributed by atoms with E-state index in [1.165, 1.54) is 15.7 Å². The first-order valence-corrected chi connectivity index (χ1v) is 7.82. The summed E-state index contributed by atoms with van der Waals surface area (Å²) in [6, 6.07) is 14.9. The molecule has 21 heavy (non-hydrogen) atoms. The van der Waals surface area contributed by atoms with Crippen LogP contribution in [0.2, 0.25) is 0 Å². The normalized spacial score (nSPS) is 10.8. The SMILES string of the molecule is CCNc1ncc(C)c(Sc2ccc3ccccc3c2)n1. The minimum Gasteiger partial charge on any atom is -0.354 e. The highest BCUT2D eigenvalue weighted by Crippen LogP contribution is 2.31. The monoisotopic (exact) mass is 295 g/mol. The van der Waals surface area contributed by atoms with Crippen molar-refractivity contribution in [1.29, 1.82) is 0 Å². The molecule has 0 atom stereocenters. The predicted octanol–water partition coefficient (Wildman–Crippen LogP) is 4.52. The zero-order chi connectivity index (χ0) is 14.7. The van der Waals surface area contributed by atoms with Gasteiger partial charge in [-0.25, -0.2) is 9.97 Å². The molecule has 0 spiro atoms. The number of hydrogen-bond donors (Lipinski definition) is 1. The smallest absolute Gasteiger partial charge is 0.223 e. The third-order valence-corrected chi connectivity index (χ3v) is 4.29.